The number of methoxy groups -OCH3 is 2. The number of hydrogen-bond acceptors (Lipinski definition) is 6. The zero-order valence-corrected chi connectivity index (χ0v) is 12.6. The van der Waals surface area contributed by atoms with Gasteiger partial charge in [0.25, 0.3) is 0 Å². The van der Waals surface area contributed by atoms with E-state index in [0.717, 1.165) is 5.56 Å². The molecule has 116 valence electrons. The van der Waals surface area contributed by atoms with Crippen LogP contribution in [0.1, 0.15) is 12.5 Å². The smallest absolute Gasteiger partial charge is 0.330 e. The second kappa shape index (κ2) is 6.78. The van der Waals surface area contributed by atoms with Gasteiger partial charge in [-0.25, -0.2) is 4.79 Å². The Morgan fingerprint density at radius 3 is 2.67 bits per heavy atom. The Labute approximate surface area is 124 Å². The fourth-order valence-corrected chi connectivity index (χ4v) is 2.25. The van der Waals surface area contributed by atoms with Crippen molar-refractivity contribution in [3.05, 3.63) is 23.8 Å². The van der Waals surface area contributed by atoms with E-state index in [9.17, 15) is 4.79 Å². The topological polar surface area (TPSA) is 66.0 Å². The van der Waals surface area contributed by atoms with Crippen molar-refractivity contribution >= 4 is 5.97 Å². The van der Waals surface area contributed by atoms with Crippen molar-refractivity contribution in [1.82, 2.24) is 5.32 Å². The Hall–Kier alpha value is -1.79. The molecule has 0 radical (unpaired) electrons. The van der Waals surface area contributed by atoms with Crippen LogP contribution in [0.4, 0.5) is 0 Å². The fraction of sp³-hybridized carbons (Fsp3) is 0.533. The second-order valence-corrected chi connectivity index (χ2v) is 4.89. The van der Waals surface area contributed by atoms with Gasteiger partial charge in [-0.2, -0.15) is 0 Å². The van der Waals surface area contributed by atoms with Crippen LogP contribution in [-0.4, -0.2) is 46.6 Å². The molecule has 1 N–H and O–H groups in total. The lowest BCUT2D eigenvalue weighted by atomic mass is 9.91. The first-order valence-electron chi connectivity index (χ1n) is 6.84. The van der Waals surface area contributed by atoms with Crippen LogP contribution in [0.5, 0.6) is 11.5 Å². The maximum absolute atomic E-state index is 12.2. The molecule has 0 bridgehead atoms. The molecule has 2 rings (SSSR count). The summed E-state index contributed by atoms with van der Waals surface area (Å²) in [7, 11) is 2.98. The summed E-state index contributed by atoms with van der Waals surface area (Å²) < 4.78 is 21.0. The molecular weight excluding hydrogens is 274 g/mol. The molecule has 0 aliphatic carbocycles. The van der Waals surface area contributed by atoms with E-state index in [2.05, 4.69) is 5.32 Å². The van der Waals surface area contributed by atoms with Gasteiger partial charge in [0.05, 0.1) is 13.7 Å². The molecule has 6 heteroatoms. The molecule has 0 fully saturated rings. The average Bonchev–Trinajstić information content (AvgIpc) is 2.53. The zero-order valence-electron chi connectivity index (χ0n) is 12.6. The summed E-state index contributed by atoms with van der Waals surface area (Å²) in [5.74, 6) is 0.965. The summed E-state index contributed by atoms with van der Waals surface area (Å²) in [6.45, 7) is 3.84. The van der Waals surface area contributed by atoms with Crippen molar-refractivity contribution in [3.63, 3.8) is 0 Å². The van der Waals surface area contributed by atoms with Crippen molar-refractivity contribution in [1.29, 1.82) is 0 Å². The van der Waals surface area contributed by atoms with Crippen molar-refractivity contribution in [3.8, 4) is 11.5 Å². The number of carbonyl (C=O) groups excluding carboxylic acids is 1. The van der Waals surface area contributed by atoms with Crippen LogP contribution in [0.25, 0.3) is 0 Å². The molecule has 0 saturated heterocycles. The minimum atomic E-state index is -0.969. The Morgan fingerprint density at radius 2 is 2.00 bits per heavy atom. The van der Waals surface area contributed by atoms with E-state index < -0.39 is 5.54 Å². The number of esters is 1. The van der Waals surface area contributed by atoms with E-state index in [0.29, 0.717) is 37.9 Å². The van der Waals surface area contributed by atoms with Gasteiger partial charge >= 0.3 is 5.97 Å². The van der Waals surface area contributed by atoms with Crippen LogP contribution < -0.4 is 14.8 Å². The summed E-state index contributed by atoms with van der Waals surface area (Å²) >= 11 is 0. The number of rotatable bonds is 6. The predicted octanol–water partition coefficient (Wildman–Crippen LogP) is 1.08. The highest BCUT2D eigenvalue weighted by Crippen LogP contribution is 2.34. The highest BCUT2D eigenvalue weighted by Gasteiger charge is 2.36. The molecule has 1 aliphatic rings. The minimum Gasteiger partial charge on any atom is -0.486 e. The maximum Gasteiger partial charge on any atom is 0.330 e. The van der Waals surface area contributed by atoms with Crippen molar-refractivity contribution in [2.45, 2.75) is 12.5 Å². The first-order valence-corrected chi connectivity index (χ1v) is 6.84. The average molecular weight is 295 g/mol. The van der Waals surface area contributed by atoms with Gasteiger partial charge in [-0.1, -0.05) is 6.07 Å². The molecule has 0 amide bonds. The van der Waals surface area contributed by atoms with E-state index in [-0.39, 0.29) is 5.97 Å². The van der Waals surface area contributed by atoms with E-state index in [1.54, 1.807) is 14.0 Å². The molecule has 6 nitrogen and oxygen atoms in total. The van der Waals surface area contributed by atoms with E-state index in [4.69, 9.17) is 18.9 Å². The van der Waals surface area contributed by atoms with Gasteiger partial charge in [-0.3, -0.25) is 5.32 Å². The summed E-state index contributed by atoms with van der Waals surface area (Å²) in [4.78, 5) is 12.2. The van der Waals surface area contributed by atoms with Gasteiger partial charge in [-0.05, 0) is 24.6 Å². The van der Waals surface area contributed by atoms with Crippen LogP contribution in [0, 0.1) is 0 Å². The standard InChI is InChI=1S/C15H21NO5/c1-15(14(17)19-3,16-6-7-18-2)11-4-5-12-13(10-11)21-9-8-20-12/h4-5,10,16H,6-9H2,1-3H3. The van der Waals surface area contributed by atoms with E-state index in [1.165, 1.54) is 7.11 Å². The molecule has 1 atom stereocenters. The van der Waals surface area contributed by atoms with Crippen LogP contribution in [0.3, 0.4) is 0 Å². The van der Waals surface area contributed by atoms with Crippen LogP contribution in [0.2, 0.25) is 0 Å². The molecule has 1 aliphatic heterocycles. The van der Waals surface area contributed by atoms with Crippen LogP contribution in [0.15, 0.2) is 18.2 Å². The van der Waals surface area contributed by atoms with Gasteiger partial charge in [0.1, 0.15) is 18.8 Å². The van der Waals surface area contributed by atoms with Crippen molar-refractivity contribution in [2.75, 3.05) is 40.6 Å². The van der Waals surface area contributed by atoms with E-state index in [1.807, 2.05) is 18.2 Å². The Morgan fingerprint density at radius 1 is 1.29 bits per heavy atom. The Kier molecular flexibility index (Phi) is 5.03. The zero-order chi connectivity index (χ0) is 15.3. The molecule has 0 aromatic heterocycles. The number of hydrogen-bond donors (Lipinski definition) is 1. The molecule has 1 heterocycles. The first kappa shape index (κ1) is 15.6. The lowest BCUT2D eigenvalue weighted by molar-refractivity contribution is -0.148. The molecule has 1 aromatic carbocycles. The summed E-state index contributed by atoms with van der Waals surface area (Å²) in [6.07, 6.45) is 0. The van der Waals surface area contributed by atoms with E-state index >= 15 is 0 Å². The highest BCUT2D eigenvalue weighted by molar-refractivity contribution is 5.82. The third kappa shape index (κ3) is 3.28. The van der Waals surface area contributed by atoms with Gasteiger partial charge in [0, 0.05) is 13.7 Å². The summed E-state index contributed by atoms with van der Waals surface area (Å²) in [6, 6.07) is 5.46. The SMILES string of the molecule is COCCNC(C)(C(=O)OC)c1ccc2c(c1)OCCO2. The third-order valence-corrected chi connectivity index (χ3v) is 3.50. The van der Waals surface area contributed by atoms with Gasteiger partial charge < -0.3 is 18.9 Å². The monoisotopic (exact) mass is 295 g/mol. The highest BCUT2D eigenvalue weighted by atomic mass is 16.6. The number of nitrogens with one attached hydrogen (secondary N) is 1. The Bertz CT molecular complexity index is 505. The maximum atomic E-state index is 12.2. The second-order valence-electron chi connectivity index (χ2n) is 4.89. The molecule has 0 spiro atoms. The normalized spacial score (nSPS) is 16.1. The molecular formula is C15H21NO5. The van der Waals surface area contributed by atoms with Crippen molar-refractivity contribution < 1.29 is 23.7 Å². The Balaban J connectivity index is 2.29. The van der Waals surface area contributed by atoms with Gasteiger partial charge in [-0.15, -0.1) is 0 Å². The van der Waals surface area contributed by atoms with Crippen LogP contribution in [-0.2, 0) is 19.8 Å². The first-order chi connectivity index (χ1) is 10.1. The minimum absolute atomic E-state index is 0.365. The number of ether oxygens (including phenoxy) is 4. The molecule has 1 unspecified atom stereocenters. The van der Waals surface area contributed by atoms with Gasteiger partial charge in [0.15, 0.2) is 11.5 Å². The largest absolute Gasteiger partial charge is 0.486 e. The predicted molar refractivity (Wildman–Crippen MR) is 76.7 cm³/mol. The number of carbonyl (C=O) groups is 1. The summed E-state index contributed by atoms with van der Waals surface area (Å²) in [5, 5.41) is 3.17. The number of fused-ring (bicyclic) bond motifs is 1. The van der Waals surface area contributed by atoms with Crippen molar-refractivity contribution in [2.24, 2.45) is 0 Å². The number of benzene rings is 1. The molecule has 0 saturated carbocycles. The molecule has 1 aromatic rings. The van der Waals surface area contributed by atoms with Crippen LogP contribution >= 0.6 is 0 Å². The quantitative estimate of drug-likeness (QED) is 0.626. The summed E-state index contributed by atoms with van der Waals surface area (Å²) in [5.41, 5.74) is -0.210. The lowest BCUT2D eigenvalue weighted by Gasteiger charge is -2.30. The van der Waals surface area contributed by atoms with Gasteiger partial charge in [0.2, 0.25) is 0 Å². The fourth-order valence-electron chi connectivity index (χ4n) is 2.25. The molecule has 21 heavy (non-hydrogen) atoms. The third-order valence-electron chi connectivity index (χ3n) is 3.50. The lowest BCUT2D eigenvalue weighted by Crippen LogP contribution is -2.48.